The molecule has 0 aromatic heterocycles. The number of phenols is 1. The fourth-order valence-corrected chi connectivity index (χ4v) is 3.41. The number of phenolic OH excluding ortho intramolecular Hbond substituents is 1. The van der Waals surface area contributed by atoms with Crippen LogP contribution in [0, 0.1) is 0 Å². The van der Waals surface area contributed by atoms with Gasteiger partial charge < -0.3 is 20.5 Å². The Kier molecular flexibility index (Phi) is 6.36. The van der Waals surface area contributed by atoms with Crippen molar-refractivity contribution in [2.24, 2.45) is 0 Å². The normalized spacial score (nSPS) is 11.1. The summed E-state index contributed by atoms with van der Waals surface area (Å²) < 4.78 is 5.14. The van der Waals surface area contributed by atoms with Gasteiger partial charge >= 0.3 is 0 Å². The summed E-state index contributed by atoms with van der Waals surface area (Å²) in [6.45, 7) is 0. The Morgan fingerprint density at radius 3 is 2.36 bits per heavy atom. The Morgan fingerprint density at radius 1 is 0.879 bits per heavy atom. The average Bonchev–Trinajstić information content (AvgIpc) is 2.84. The van der Waals surface area contributed by atoms with E-state index in [4.69, 9.17) is 4.74 Å². The van der Waals surface area contributed by atoms with E-state index in [1.54, 1.807) is 49.6 Å². The van der Waals surface area contributed by atoms with Gasteiger partial charge in [0.15, 0.2) is 0 Å². The van der Waals surface area contributed by atoms with Crippen molar-refractivity contribution in [3.05, 3.63) is 108 Å². The third kappa shape index (κ3) is 5.19. The molecule has 164 valence electrons. The molecule has 0 aliphatic heterocycles. The Bertz CT molecular complexity index is 1340. The minimum absolute atomic E-state index is 0.0228. The molecule has 0 atom stereocenters. The van der Waals surface area contributed by atoms with Gasteiger partial charge in [-0.3, -0.25) is 9.59 Å². The lowest BCUT2D eigenvalue weighted by atomic mass is 10.0. The van der Waals surface area contributed by atoms with Crippen LogP contribution in [0.4, 0.5) is 5.69 Å². The van der Waals surface area contributed by atoms with Crippen molar-refractivity contribution in [2.75, 3.05) is 12.4 Å². The highest BCUT2D eigenvalue weighted by Gasteiger charge is 2.16. The van der Waals surface area contributed by atoms with Gasteiger partial charge in [0.05, 0.1) is 7.11 Å². The van der Waals surface area contributed by atoms with E-state index in [2.05, 4.69) is 10.6 Å². The molecule has 3 N–H and O–H groups in total. The van der Waals surface area contributed by atoms with E-state index in [1.807, 2.05) is 42.5 Å². The molecule has 0 saturated heterocycles. The Balaban J connectivity index is 1.69. The van der Waals surface area contributed by atoms with Gasteiger partial charge in [-0.05, 0) is 58.8 Å². The van der Waals surface area contributed by atoms with E-state index in [0.29, 0.717) is 17.0 Å². The van der Waals surface area contributed by atoms with E-state index in [1.165, 1.54) is 12.1 Å². The molecular weight excluding hydrogens is 416 g/mol. The van der Waals surface area contributed by atoms with Gasteiger partial charge in [-0.1, -0.05) is 48.5 Å². The third-order valence-electron chi connectivity index (χ3n) is 5.07. The number of rotatable bonds is 6. The number of benzene rings is 4. The van der Waals surface area contributed by atoms with Gasteiger partial charge in [-0.25, -0.2) is 0 Å². The number of amides is 2. The second-order valence-corrected chi connectivity index (χ2v) is 7.31. The quantitative estimate of drug-likeness (QED) is 0.371. The zero-order chi connectivity index (χ0) is 23.2. The molecule has 0 aliphatic carbocycles. The van der Waals surface area contributed by atoms with Crippen molar-refractivity contribution >= 4 is 34.4 Å². The van der Waals surface area contributed by atoms with Gasteiger partial charge in [0.1, 0.15) is 17.2 Å². The summed E-state index contributed by atoms with van der Waals surface area (Å²) in [4.78, 5) is 26.0. The molecule has 6 nitrogen and oxygen atoms in total. The summed E-state index contributed by atoms with van der Waals surface area (Å²) in [5.74, 6) is -0.306. The highest BCUT2D eigenvalue weighted by molar-refractivity contribution is 6.11. The van der Waals surface area contributed by atoms with Crippen LogP contribution in [-0.4, -0.2) is 24.0 Å². The van der Waals surface area contributed by atoms with Crippen LogP contribution in [0.15, 0.2) is 96.7 Å². The van der Waals surface area contributed by atoms with Gasteiger partial charge in [-0.15, -0.1) is 0 Å². The van der Waals surface area contributed by atoms with Gasteiger partial charge in [0, 0.05) is 17.3 Å². The van der Waals surface area contributed by atoms with Crippen molar-refractivity contribution in [1.82, 2.24) is 5.32 Å². The first-order valence-electron chi connectivity index (χ1n) is 10.3. The Labute approximate surface area is 191 Å². The number of hydrogen-bond acceptors (Lipinski definition) is 4. The lowest BCUT2D eigenvalue weighted by Gasteiger charge is -2.12. The SMILES string of the molecule is COc1ccc(C(=O)N/C(=C\c2cccc3ccccc23)C(=O)Nc2cccc(O)c2)cc1. The van der Waals surface area contributed by atoms with Crippen molar-refractivity contribution in [3.63, 3.8) is 0 Å². The van der Waals surface area contributed by atoms with Crippen LogP contribution in [0.3, 0.4) is 0 Å². The fraction of sp³-hybridized carbons (Fsp3) is 0.0370. The van der Waals surface area contributed by atoms with Gasteiger partial charge in [0.25, 0.3) is 11.8 Å². The van der Waals surface area contributed by atoms with Crippen molar-refractivity contribution < 1.29 is 19.4 Å². The number of ether oxygens (including phenoxy) is 1. The predicted octanol–water partition coefficient (Wildman–Crippen LogP) is 4.96. The average molecular weight is 438 g/mol. The second-order valence-electron chi connectivity index (χ2n) is 7.31. The lowest BCUT2D eigenvalue weighted by Crippen LogP contribution is -2.30. The molecule has 0 bridgehead atoms. The zero-order valence-electron chi connectivity index (χ0n) is 17.9. The summed E-state index contributed by atoms with van der Waals surface area (Å²) in [5, 5.41) is 17.1. The maximum atomic E-state index is 13.1. The fourth-order valence-electron chi connectivity index (χ4n) is 3.41. The van der Waals surface area contributed by atoms with Crippen molar-refractivity contribution in [3.8, 4) is 11.5 Å². The molecule has 0 heterocycles. The van der Waals surface area contributed by atoms with E-state index in [-0.39, 0.29) is 11.4 Å². The molecule has 0 saturated carbocycles. The van der Waals surface area contributed by atoms with Crippen LogP contribution in [0.5, 0.6) is 11.5 Å². The molecule has 0 unspecified atom stereocenters. The van der Waals surface area contributed by atoms with E-state index >= 15 is 0 Å². The topological polar surface area (TPSA) is 87.7 Å². The third-order valence-corrected chi connectivity index (χ3v) is 5.07. The monoisotopic (exact) mass is 438 g/mol. The number of methoxy groups -OCH3 is 1. The molecule has 0 fully saturated rings. The molecular formula is C27H22N2O4. The molecule has 4 rings (SSSR count). The minimum Gasteiger partial charge on any atom is -0.508 e. The Morgan fingerprint density at radius 2 is 1.61 bits per heavy atom. The zero-order valence-corrected chi connectivity index (χ0v) is 17.9. The maximum Gasteiger partial charge on any atom is 0.272 e. The molecule has 4 aromatic rings. The second kappa shape index (κ2) is 9.70. The van der Waals surface area contributed by atoms with Gasteiger partial charge in [0.2, 0.25) is 0 Å². The largest absolute Gasteiger partial charge is 0.508 e. The molecule has 0 radical (unpaired) electrons. The highest BCUT2D eigenvalue weighted by Crippen LogP contribution is 2.22. The van der Waals surface area contributed by atoms with E-state index in [9.17, 15) is 14.7 Å². The molecule has 4 aromatic carbocycles. The highest BCUT2D eigenvalue weighted by atomic mass is 16.5. The van der Waals surface area contributed by atoms with Crippen molar-refractivity contribution in [2.45, 2.75) is 0 Å². The number of carbonyl (C=O) groups is 2. The number of hydrogen-bond donors (Lipinski definition) is 3. The van der Waals surface area contributed by atoms with Crippen LogP contribution in [0.1, 0.15) is 15.9 Å². The number of fused-ring (bicyclic) bond motifs is 1. The first-order valence-corrected chi connectivity index (χ1v) is 10.3. The molecule has 0 aliphatic rings. The smallest absolute Gasteiger partial charge is 0.272 e. The summed E-state index contributed by atoms with van der Waals surface area (Å²) in [5.41, 5.74) is 1.63. The Hall–Kier alpha value is -4.58. The number of carbonyl (C=O) groups excluding carboxylic acids is 2. The lowest BCUT2D eigenvalue weighted by molar-refractivity contribution is -0.113. The van der Waals surface area contributed by atoms with Crippen molar-refractivity contribution in [1.29, 1.82) is 0 Å². The number of aromatic hydroxyl groups is 1. The van der Waals surface area contributed by atoms with Crippen LogP contribution in [0.25, 0.3) is 16.8 Å². The number of anilines is 1. The summed E-state index contributed by atoms with van der Waals surface area (Å²) >= 11 is 0. The molecule has 33 heavy (non-hydrogen) atoms. The predicted molar refractivity (Wildman–Crippen MR) is 129 cm³/mol. The summed E-state index contributed by atoms with van der Waals surface area (Å²) in [6, 6.07) is 26.4. The number of nitrogens with one attached hydrogen (secondary N) is 2. The summed E-state index contributed by atoms with van der Waals surface area (Å²) in [6.07, 6.45) is 1.64. The van der Waals surface area contributed by atoms with Crippen LogP contribution < -0.4 is 15.4 Å². The van der Waals surface area contributed by atoms with Crippen LogP contribution in [0.2, 0.25) is 0 Å². The molecule has 0 spiro atoms. The van der Waals surface area contributed by atoms with E-state index < -0.39 is 11.8 Å². The molecule has 6 heteroatoms. The van der Waals surface area contributed by atoms with Gasteiger partial charge in [-0.2, -0.15) is 0 Å². The van der Waals surface area contributed by atoms with E-state index in [0.717, 1.165) is 16.3 Å². The first-order chi connectivity index (χ1) is 16.0. The van der Waals surface area contributed by atoms with Crippen LogP contribution >= 0.6 is 0 Å². The first kappa shape index (κ1) is 21.6. The standard InChI is InChI=1S/C27H22N2O4/c1-33-23-14-12-19(13-15-23)26(31)29-25(27(32)28-21-9-5-10-22(30)17-21)16-20-8-4-7-18-6-2-3-11-24(18)20/h2-17,30H,1H3,(H,28,32)(H,29,31)/b25-16-. The molecule has 2 amide bonds. The van der Waals surface area contributed by atoms with Crippen LogP contribution in [-0.2, 0) is 4.79 Å². The minimum atomic E-state index is -0.518. The summed E-state index contributed by atoms with van der Waals surface area (Å²) in [7, 11) is 1.55. The maximum absolute atomic E-state index is 13.1.